The molecule has 16 heteroatoms. The lowest BCUT2D eigenvalue weighted by atomic mass is 10.1. The third kappa shape index (κ3) is 6.66. The first-order chi connectivity index (χ1) is 21.2. The monoisotopic (exact) mass is 641 g/mol. The Bertz CT molecular complexity index is 1780. The molecule has 0 aliphatic carbocycles. The highest BCUT2D eigenvalue weighted by atomic mass is 32.2. The Morgan fingerprint density at radius 2 is 1.91 bits per heavy atom. The Hall–Kier alpha value is -4.83. The maximum Gasteiger partial charge on any atom is 0.291 e. The summed E-state index contributed by atoms with van der Waals surface area (Å²) in [5.74, 6) is -0.403. The summed E-state index contributed by atoms with van der Waals surface area (Å²) >= 11 is 0. The van der Waals surface area contributed by atoms with Crippen molar-refractivity contribution in [1.82, 2.24) is 19.0 Å². The van der Waals surface area contributed by atoms with E-state index in [0.29, 0.717) is 11.3 Å². The van der Waals surface area contributed by atoms with Crippen LogP contribution in [0.1, 0.15) is 45.9 Å². The summed E-state index contributed by atoms with van der Waals surface area (Å²) in [5.41, 5.74) is 2.61. The zero-order valence-corrected chi connectivity index (χ0v) is 26.1. The van der Waals surface area contributed by atoms with E-state index in [1.165, 1.54) is 34.9 Å². The number of carbonyl (C=O) groups excluding carboxylic acids is 3. The summed E-state index contributed by atoms with van der Waals surface area (Å²) in [4.78, 5) is 44.3. The van der Waals surface area contributed by atoms with Gasteiger partial charge in [-0.3, -0.25) is 18.9 Å². The number of benzene rings is 1. The number of ether oxygens (including phenoxy) is 2. The Morgan fingerprint density at radius 1 is 1.16 bits per heavy atom. The summed E-state index contributed by atoms with van der Waals surface area (Å²) in [6.07, 6.45) is 3.90. The Morgan fingerprint density at radius 3 is 2.58 bits per heavy atom. The van der Waals surface area contributed by atoms with Crippen molar-refractivity contribution in [1.29, 1.82) is 0 Å². The van der Waals surface area contributed by atoms with Gasteiger partial charge in [0.05, 0.1) is 36.7 Å². The van der Waals surface area contributed by atoms with Gasteiger partial charge in [-0.2, -0.15) is 8.42 Å². The van der Waals surface area contributed by atoms with Crippen molar-refractivity contribution in [3.63, 3.8) is 0 Å². The van der Waals surface area contributed by atoms with Gasteiger partial charge in [-0.05, 0) is 31.9 Å². The maximum atomic E-state index is 13.4. The normalized spacial score (nSPS) is 17.7. The van der Waals surface area contributed by atoms with E-state index in [-0.39, 0.29) is 72.7 Å². The Kier molecular flexibility index (Phi) is 8.62. The van der Waals surface area contributed by atoms with Gasteiger partial charge < -0.3 is 39.5 Å². The lowest BCUT2D eigenvalue weighted by molar-refractivity contribution is -0.116. The van der Waals surface area contributed by atoms with Crippen LogP contribution in [0.4, 0.5) is 17.2 Å². The highest BCUT2D eigenvalue weighted by Crippen LogP contribution is 2.40. The molecule has 2 atom stereocenters. The minimum Gasteiger partial charge on any atom is -0.493 e. The van der Waals surface area contributed by atoms with Gasteiger partial charge in [0.1, 0.15) is 0 Å². The van der Waals surface area contributed by atoms with Crippen LogP contribution in [-0.2, 0) is 29.0 Å². The fraction of sp³-hybridized carbons (Fsp3) is 0.379. The zero-order valence-electron chi connectivity index (χ0n) is 25.3. The molecule has 3 aromatic rings. The topological polar surface area (TPSA) is 186 Å². The third-order valence-electron chi connectivity index (χ3n) is 7.72. The van der Waals surface area contributed by atoms with Crippen LogP contribution in [0.25, 0.3) is 0 Å². The SMILES string of the molecule is C=C1C[C@H]2C(S(=O)(=O)O)Nc3cc(OCCCC(=O)Nc4cn(C)c(C(=O)Nc5cc(C)n(C)c5)n4)c(OC)cc3C(=O)N2C1. The summed E-state index contributed by atoms with van der Waals surface area (Å²) in [5, 5.41) is 6.80. The van der Waals surface area contributed by atoms with Gasteiger partial charge in [0, 0.05) is 51.2 Å². The first-order valence-electron chi connectivity index (χ1n) is 14.1. The molecule has 1 fully saturated rings. The fourth-order valence-corrected chi connectivity index (χ4v) is 6.33. The average Bonchev–Trinajstić information content (AvgIpc) is 3.61. The van der Waals surface area contributed by atoms with Crippen LogP contribution in [-0.4, -0.2) is 81.4 Å². The second-order valence-electron chi connectivity index (χ2n) is 11.1. The van der Waals surface area contributed by atoms with Gasteiger partial charge in [-0.1, -0.05) is 12.2 Å². The summed E-state index contributed by atoms with van der Waals surface area (Å²) < 4.78 is 49.2. The molecule has 4 N–H and O–H groups in total. The first-order valence-corrected chi connectivity index (χ1v) is 15.6. The molecular weight excluding hydrogens is 606 g/mol. The van der Waals surface area contributed by atoms with Gasteiger partial charge in [0.2, 0.25) is 11.7 Å². The molecule has 3 amide bonds. The van der Waals surface area contributed by atoms with Crippen LogP contribution in [0.5, 0.6) is 11.5 Å². The number of methoxy groups -OCH3 is 1. The minimum absolute atomic E-state index is 0.0662. The molecular formula is C29H35N7O8S. The lowest BCUT2D eigenvalue weighted by Crippen LogP contribution is -2.47. The van der Waals surface area contributed by atoms with Gasteiger partial charge in [0.15, 0.2) is 22.7 Å². The van der Waals surface area contributed by atoms with Crippen molar-refractivity contribution in [2.45, 2.75) is 37.6 Å². The summed E-state index contributed by atoms with van der Waals surface area (Å²) in [6.45, 7) is 6.04. The molecule has 1 saturated heterocycles. The molecule has 4 heterocycles. The molecule has 45 heavy (non-hydrogen) atoms. The number of aryl methyl sites for hydroxylation is 3. The van der Waals surface area contributed by atoms with E-state index < -0.39 is 33.3 Å². The number of hydrogen-bond acceptors (Lipinski definition) is 9. The van der Waals surface area contributed by atoms with Gasteiger partial charge >= 0.3 is 0 Å². The molecule has 0 saturated carbocycles. The van der Waals surface area contributed by atoms with Crippen molar-refractivity contribution < 1.29 is 36.8 Å². The molecule has 15 nitrogen and oxygen atoms in total. The van der Waals surface area contributed by atoms with Crippen molar-refractivity contribution in [3.8, 4) is 11.5 Å². The van der Waals surface area contributed by atoms with E-state index in [1.807, 2.05) is 24.6 Å². The number of amides is 3. The van der Waals surface area contributed by atoms with Crippen LogP contribution in [0.2, 0.25) is 0 Å². The van der Waals surface area contributed by atoms with Gasteiger partial charge in [-0.15, -0.1) is 0 Å². The standard InChI is InChI=1S/C29H35N7O8S/c1-16-9-21-28(45(40,41)42)31-20-12-23(22(43-5)11-19(20)29(39)36(21)13-16)44-8-6-7-25(37)32-24-15-35(4)26(33-24)27(38)30-18-10-17(2)34(3)14-18/h10-12,14-15,21,28,31H,1,6-9,13H2,2-5H3,(H,30,38)(H,32,37)(H,40,41,42)/t21-,28?/m0/s1. The van der Waals surface area contributed by atoms with Crippen molar-refractivity contribution in [3.05, 3.63) is 59.8 Å². The third-order valence-corrected chi connectivity index (χ3v) is 8.79. The van der Waals surface area contributed by atoms with Crippen LogP contribution < -0.4 is 25.4 Å². The highest BCUT2D eigenvalue weighted by molar-refractivity contribution is 7.86. The number of aromatic nitrogens is 3. The van der Waals surface area contributed by atoms with E-state index in [0.717, 1.165) is 5.69 Å². The van der Waals surface area contributed by atoms with Crippen LogP contribution >= 0.6 is 0 Å². The summed E-state index contributed by atoms with van der Waals surface area (Å²) in [7, 11) is 0.333. The number of fused-ring (bicyclic) bond motifs is 2. The van der Waals surface area contributed by atoms with Crippen LogP contribution in [0.15, 0.2) is 42.7 Å². The molecule has 1 unspecified atom stereocenters. The smallest absolute Gasteiger partial charge is 0.291 e. The van der Waals surface area contributed by atoms with Crippen molar-refractivity contribution in [2.24, 2.45) is 14.1 Å². The second-order valence-corrected chi connectivity index (χ2v) is 12.6. The van der Waals surface area contributed by atoms with Crippen LogP contribution in [0, 0.1) is 6.92 Å². The number of nitrogens with zero attached hydrogens (tertiary/aromatic N) is 4. The molecule has 5 rings (SSSR count). The second kappa shape index (κ2) is 12.3. The number of rotatable bonds is 10. The first kappa shape index (κ1) is 31.6. The minimum atomic E-state index is -4.59. The lowest BCUT2D eigenvalue weighted by Gasteiger charge is -2.26. The number of imidazole rings is 1. The molecule has 0 bridgehead atoms. The van der Waals surface area contributed by atoms with E-state index in [1.54, 1.807) is 13.2 Å². The van der Waals surface area contributed by atoms with Crippen LogP contribution in [0.3, 0.4) is 0 Å². The summed E-state index contributed by atoms with van der Waals surface area (Å²) in [6, 6.07) is 3.89. The van der Waals surface area contributed by atoms with E-state index in [2.05, 4.69) is 27.5 Å². The van der Waals surface area contributed by atoms with Crippen molar-refractivity contribution >= 4 is 45.0 Å². The van der Waals surface area contributed by atoms with Crippen molar-refractivity contribution in [2.75, 3.05) is 36.2 Å². The quantitative estimate of drug-likeness (QED) is 0.146. The highest BCUT2D eigenvalue weighted by Gasteiger charge is 2.46. The fourth-order valence-electron chi connectivity index (χ4n) is 5.42. The van der Waals surface area contributed by atoms with Gasteiger partial charge in [0.25, 0.3) is 21.9 Å². The molecule has 2 aromatic heterocycles. The predicted octanol–water partition coefficient (Wildman–Crippen LogP) is 2.54. The van der Waals surface area contributed by atoms with E-state index in [4.69, 9.17) is 9.47 Å². The van der Waals surface area contributed by atoms with E-state index >= 15 is 0 Å². The predicted molar refractivity (Wildman–Crippen MR) is 165 cm³/mol. The number of nitrogens with one attached hydrogen (secondary N) is 3. The molecule has 1 aromatic carbocycles. The van der Waals surface area contributed by atoms with Gasteiger partial charge in [-0.25, -0.2) is 4.98 Å². The molecule has 0 spiro atoms. The Labute approximate surface area is 259 Å². The Balaban J connectivity index is 1.20. The molecule has 2 aliphatic heterocycles. The molecule has 2 aliphatic rings. The maximum absolute atomic E-state index is 13.4. The van der Waals surface area contributed by atoms with E-state index in [9.17, 15) is 27.4 Å². The zero-order chi connectivity index (χ0) is 32.6. The average molecular weight is 642 g/mol. The number of hydrogen-bond donors (Lipinski definition) is 4. The molecule has 240 valence electrons. The molecule has 0 radical (unpaired) electrons. The number of carbonyl (C=O) groups is 3. The largest absolute Gasteiger partial charge is 0.493 e. The number of anilines is 3.